The number of hydrogen-bond donors (Lipinski definition) is 10. The van der Waals surface area contributed by atoms with Crippen molar-refractivity contribution in [1.82, 2.24) is 34.6 Å². The Kier molecular flexibility index (Phi) is 58.0. The number of carboxylic acid groups (broad SMARTS) is 2. The zero-order valence-corrected chi connectivity index (χ0v) is 77.5. The molecule has 0 aliphatic heterocycles. The molecule has 0 atom stereocenters. The third-order valence-electron chi connectivity index (χ3n) is 15.0. The van der Waals surface area contributed by atoms with Crippen LogP contribution in [0.1, 0.15) is 86.9 Å². The largest absolute Gasteiger partial charge is 1.00 e. The maximum Gasteiger partial charge on any atom is 1.00 e. The second kappa shape index (κ2) is 63.3. The number of nitrogens with one attached hydrogen (secondary N) is 2. The molecule has 0 aliphatic carbocycles. The molecule has 1 amide bonds. The van der Waals surface area contributed by atoms with Crippen LogP contribution in [0.2, 0.25) is 20.1 Å². The third kappa shape index (κ3) is 46.2. The number of ether oxygens (including phenoxy) is 4. The van der Waals surface area contributed by atoms with Gasteiger partial charge in [-0.15, -0.1) is 24.8 Å². The first-order chi connectivity index (χ1) is 58.5. The number of nitrogens with two attached hydrogens (primary N) is 6. The van der Waals surface area contributed by atoms with Gasteiger partial charge in [-0.25, -0.2) is 54.1 Å². The molecule has 0 saturated heterocycles. The van der Waals surface area contributed by atoms with E-state index in [0.29, 0.717) is 82.6 Å². The summed E-state index contributed by atoms with van der Waals surface area (Å²) in [5.74, 6) is -1.87. The van der Waals surface area contributed by atoms with E-state index in [9.17, 15) is 33.6 Å². The number of allylic oxidation sites excluding steroid dienone is 1. The number of aliphatic imine (C=N–C) groups is 3. The summed E-state index contributed by atoms with van der Waals surface area (Å²) in [7, 11) is 17.6. The van der Waals surface area contributed by atoms with Crippen molar-refractivity contribution >= 4 is 171 Å². The van der Waals surface area contributed by atoms with Crippen LogP contribution in [0.3, 0.4) is 0 Å². The Morgan fingerprint density at radius 2 is 0.709 bits per heavy atom. The Morgan fingerprint density at radius 3 is 0.969 bits per heavy atom. The van der Waals surface area contributed by atoms with E-state index in [0.717, 1.165) is 35.3 Å². The molecule has 0 saturated carbocycles. The van der Waals surface area contributed by atoms with E-state index in [2.05, 4.69) is 55.0 Å². The molecule has 0 unspecified atom stereocenters. The summed E-state index contributed by atoms with van der Waals surface area (Å²) in [5.41, 5.74) is 41.0. The van der Waals surface area contributed by atoms with E-state index in [1.807, 2.05) is 98.7 Å². The molecule has 11 aromatic rings. The van der Waals surface area contributed by atoms with Gasteiger partial charge in [0.15, 0.2) is 29.4 Å². The minimum atomic E-state index is -0.976. The number of Topliss-reactive ketones (excluding diaryl/α,β-unsaturated/α-hetero) is 1. The van der Waals surface area contributed by atoms with Crippen LogP contribution >= 0.6 is 71.2 Å². The van der Waals surface area contributed by atoms with E-state index in [4.69, 9.17) is 106 Å². The average molecular weight is 1870 g/mol. The summed E-state index contributed by atoms with van der Waals surface area (Å²) in [6.45, 7) is 1.53. The minimum absolute atomic E-state index is 0. The summed E-state index contributed by atoms with van der Waals surface area (Å²) in [6, 6.07) is 64.6. The van der Waals surface area contributed by atoms with Gasteiger partial charge in [-0.1, -0.05) is 78.1 Å². The van der Waals surface area contributed by atoms with E-state index < -0.39 is 11.9 Å². The number of guanidine groups is 3. The fourth-order valence-corrected chi connectivity index (χ4v) is 9.65. The van der Waals surface area contributed by atoms with Crippen molar-refractivity contribution in [3.8, 4) is 22.5 Å². The number of methoxy groups -OCH3 is 4. The smallest absolute Gasteiger partial charge is 0.857 e. The van der Waals surface area contributed by atoms with Crippen LogP contribution in [0, 0.1) is 0 Å². The van der Waals surface area contributed by atoms with Gasteiger partial charge < -0.3 is 89.1 Å². The van der Waals surface area contributed by atoms with Gasteiger partial charge in [-0.05, 0) is 227 Å². The number of anilines is 4. The standard InChI is InChI=1S/C19H17ClN4O.C17H12ClN3O2.C11H12ClNO.2C9H11N3O2.C8H7ClO.C8H9N3O2.C5H13NO2.CH3O.CH4.2ClH.Na/c1-24(2)18(25)14-5-9-16(10-6-14)22-19-21-12-11-17(23-19)13-3-7-15(20)8-4-13;18-13-5-1-11(2-6-13)15-9-10-19-17(21-15)20-14-7-3-12(4-8-14)16(22)23;1-13(2)8-7-11(14)9-3-5-10(12)6-4-9;2*1-14-8(13)6-2-4-7(5-3-6)12-9(10)11;1-6(10)7-2-4-8(9)5-3-7;9-8(10)11-6-3-1-5(2-4-6)7(12)13;1-6(2)5(7-3)8-4;1-2;;;;/h3-12H,1-2H3,(H,21,22,23);1-10H,(H,22,23)(H,19,20,21);3-8H,1-2H3;2*2-5H,1H3,(H4,10,11,12);2-5H,1H3;1-4H,(H,12,13)(H4,9,10,11);5H,1-4H3;1H3;1H4;2*1H;/q;;;;;;;;-1;;;;+1/b;;8-7+;;;;;;;;;;. The van der Waals surface area contributed by atoms with Gasteiger partial charge >= 0.3 is 53.4 Å². The Labute approximate surface area is 792 Å². The quantitative estimate of drug-likeness (QED) is 0.00607. The SMILES string of the molecule is C.CC(=O)c1ccc(Cl)cc1.CN(C)/C=C/C(=O)c1ccc(Cl)cc1.CN(C)C(=O)c1ccc(Nc2nccc(-c3ccc(Cl)cc3)n2)cc1.COC(=O)c1ccc(N=C(N)N)cc1.COC(=O)c1ccc(N=C(N)N)cc1.COC(OC)N(C)C.C[O-].Cl.Cl.NC(N)=Nc1ccc(C(=O)O)cc1.O=C(O)c1ccc(Nc2nccc(-c3ccc(Cl)cc3)n2)cc1.[Na+]. The first-order valence-electron chi connectivity index (χ1n) is 35.9. The second-order valence-electron chi connectivity index (χ2n) is 24.9. The number of aromatic carboxylic acids is 2. The number of esters is 2. The van der Waals surface area contributed by atoms with Gasteiger partial charge in [-0.2, -0.15) is 7.11 Å². The molecular formula is C88H101Cl6N18NaO14. The van der Waals surface area contributed by atoms with E-state index >= 15 is 0 Å². The van der Waals surface area contributed by atoms with Crippen molar-refractivity contribution in [3.05, 3.63) is 314 Å². The Hall–Kier alpha value is -12.6. The molecule has 16 N–H and O–H groups in total. The maximum atomic E-state index is 11.9. The fourth-order valence-electron chi connectivity index (χ4n) is 9.14. The number of hydrogen-bond acceptors (Lipinski definition) is 23. The number of rotatable bonds is 21. The molecule has 2 heterocycles. The summed E-state index contributed by atoms with van der Waals surface area (Å²) >= 11 is 23.1. The summed E-state index contributed by atoms with van der Waals surface area (Å²) in [4.78, 5) is 111. The van der Waals surface area contributed by atoms with Crippen molar-refractivity contribution in [2.75, 3.05) is 88.5 Å². The van der Waals surface area contributed by atoms with Crippen LogP contribution in [0.25, 0.3) is 22.5 Å². The monoisotopic (exact) mass is 1870 g/mol. The van der Waals surface area contributed by atoms with Crippen LogP contribution in [0.5, 0.6) is 0 Å². The van der Waals surface area contributed by atoms with Gasteiger partial charge in [0.05, 0.1) is 64.9 Å². The van der Waals surface area contributed by atoms with Crippen LogP contribution < -0.4 is 79.7 Å². The van der Waals surface area contributed by atoms with Crippen molar-refractivity contribution in [2.24, 2.45) is 49.4 Å². The molecule has 127 heavy (non-hydrogen) atoms. The molecule has 0 radical (unpaired) electrons. The van der Waals surface area contributed by atoms with Crippen LogP contribution in [-0.4, -0.2) is 188 Å². The van der Waals surface area contributed by atoms with Crippen LogP contribution in [-0.2, 0) is 18.9 Å². The number of carboxylic acids is 2. The van der Waals surface area contributed by atoms with Crippen molar-refractivity contribution < 1.29 is 97.4 Å². The van der Waals surface area contributed by atoms with Gasteiger partial charge in [0.2, 0.25) is 18.3 Å². The van der Waals surface area contributed by atoms with E-state index in [1.54, 1.807) is 185 Å². The number of carbonyl (C=O) groups is 7. The third-order valence-corrected chi connectivity index (χ3v) is 16.0. The summed E-state index contributed by atoms with van der Waals surface area (Å²) in [6.07, 6.45) is 6.39. The molecule has 11 rings (SSSR count). The van der Waals surface area contributed by atoms with E-state index in [-0.39, 0.29) is 127 Å². The fraction of sp³-hybridized carbons (Fsp3) is 0.159. The average Bonchev–Trinajstić information content (AvgIpc) is 0.846. The summed E-state index contributed by atoms with van der Waals surface area (Å²) < 4.78 is 18.8. The normalized spacial score (nSPS) is 9.54. The van der Waals surface area contributed by atoms with Gasteiger partial charge in [0.1, 0.15) is 0 Å². The molecule has 32 nitrogen and oxygen atoms in total. The molecule has 0 spiro atoms. The Morgan fingerprint density at radius 1 is 0.425 bits per heavy atom. The molecule has 0 fully saturated rings. The number of carbonyl (C=O) groups excluding carboxylic acids is 5. The maximum absolute atomic E-state index is 11.9. The Balaban J connectivity index is 0. The first kappa shape index (κ1) is 116. The molecule has 39 heteroatoms. The minimum Gasteiger partial charge on any atom is -0.857 e. The number of halogens is 6. The van der Waals surface area contributed by atoms with Gasteiger partial charge in [-0.3, -0.25) is 19.3 Å². The van der Waals surface area contributed by atoms with Crippen molar-refractivity contribution in [3.63, 3.8) is 0 Å². The predicted octanol–water partition coefficient (Wildman–Crippen LogP) is 12.3. The molecular weight excluding hydrogens is 1770 g/mol. The van der Waals surface area contributed by atoms with E-state index in [1.165, 1.54) is 63.6 Å². The van der Waals surface area contributed by atoms with Crippen LogP contribution in [0.4, 0.5) is 40.3 Å². The number of amides is 1. The van der Waals surface area contributed by atoms with Crippen LogP contribution in [0.15, 0.2) is 270 Å². The Bertz CT molecular complexity index is 5180. The zero-order chi connectivity index (χ0) is 91.7. The molecule has 0 aliphatic rings. The zero-order valence-electron chi connectivity index (χ0n) is 70.9. The van der Waals surface area contributed by atoms with Crippen molar-refractivity contribution in [2.45, 2.75) is 20.8 Å². The predicted molar refractivity (Wildman–Crippen MR) is 503 cm³/mol. The van der Waals surface area contributed by atoms with Crippen molar-refractivity contribution in [1.29, 1.82) is 0 Å². The topological polar surface area (TPSA) is 498 Å². The number of nitrogens with zero attached hydrogens (tertiary/aromatic N) is 10. The molecule has 2 aromatic heterocycles. The molecule has 0 bridgehead atoms. The summed E-state index contributed by atoms with van der Waals surface area (Å²) in [5, 5.41) is 34.6. The number of aromatic nitrogens is 4. The number of ketones is 2. The van der Waals surface area contributed by atoms with Gasteiger partial charge in [0, 0.05) is 126 Å². The first-order valence-corrected chi connectivity index (χ1v) is 37.4. The molecule has 9 aromatic carbocycles. The molecule has 670 valence electrons. The number of benzene rings is 9. The van der Waals surface area contributed by atoms with Gasteiger partial charge in [0.25, 0.3) is 5.91 Å². The second-order valence-corrected chi connectivity index (χ2v) is 26.7.